The largest absolute Gasteiger partial charge is 0.497 e. The molecule has 0 amide bonds. The molecule has 0 aliphatic rings. The van der Waals surface area contributed by atoms with E-state index in [-0.39, 0.29) is 6.04 Å². The Hall–Kier alpha value is -2.05. The molecule has 1 aromatic carbocycles. The molecule has 21 heavy (non-hydrogen) atoms. The standard InChI is InChI=1S/C15H22N4O2/c1-5-19-13(8-10(2)18-19)15(17-16)12-9-11(20-3)6-7-14(12)21-4/h6-9,15,17H,5,16H2,1-4H3. The third-order valence-electron chi connectivity index (χ3n) is 3.44. The van der Waals surface area contributed by atoms with Gasteiger partial charge in [-0.15, -0.1) is 0 Å². The summed E-state index contributed by atoms with van der Waals surface area (Å²) in [5, 5.41) is 4.47. The molecular formula is C15H22N4O2. The van der Waals surface area contributed by atoms with Crippen LogP contribution in [0.3, 0.4) is 0 Å². The minimum atomic E-state index is -0.226. The van der Waals surface area contributed by atoms with Crippen molar-refractivity contribution in [1.82, 2.24) is 15.2 Å². The second-order valence-corrected chi connectivity index (χ2v) is 4.73. The average molecular weight is 290 g/mol. The topological polar surface area (TPSA) is 74.3 Å². The van der Waals surface area contributed by atoms with Crippen molar-refractivity contribution in [2.45, 2.75) is 26.4 Å². The maximum absolute atomic E-state index is 5.80. The van der Waals surface area contributed by atoms with Gasteiger partial charge in [0.2, 0.25) is 0 Å². The first kappa shape index (κ1) is 15.3. The molecule has 0 aliphatic heterocycles. The minimum Gasteiger partial charge on any atom is -0.497 e. The highest BCUT2D eigenvalue weighted by atomic mass is 16.5. The summed E-state index contributed by atoms with van der Waals surface area (Å²) in [6.45, 7) is 4.78. The van der Waals surface area contributed by atoms with Gasteiger partial charge in [-0.1, -0.05) is 0 Å². The van der Waals surface area contributed by atoms with Gasteiger partial charge in [0.1, 0.15) is 11.5 Å². The second kappa shape index (κ2) is 6.60. The van der Waals surface area contributed by atoms with Gasteiger partial charge in [0.25, 0.3) is 0 Å². The Balaban J connectivity index is 2.54. The molecule has 6 heteroatoms. The fourth-order valence-electron chi connectivity index (χ4n) is 2.45. The molecule has 2 rings (SSSR count). The van der Waals surface area contributed by atoms with Crippen LogP contribution in [0, 0.1) is 6.92 Å². The summed E-state index contributed by atoms with van der Waals surface area (Å²) in [6, 6.07) is 7.45. The molecule has 1 aromatic heterocycles. The van der Waals surface area contributed by atoms with Gasteiger partial charge in [0.05, 0.1) is 31.6 Å². The first-order valence-corrected chi connectivity index (χ1v) is 6.87. The average Bonchev–Trinajstić information content (AvgIpc) is 2.88. The van der Waals surface area contributed by atoms with Crippen molar-refractivity contribution in [1.29, 1.82) is 0 Å². The van der Waals surface area contributed by atoms with Gasteiger partial charge in [-0.05, 0) is 38.1 Å². The van der Waals surface area contributed by atoms with E-state index in [1.807, 2.05) is 42.8 Å². The number of nitrogens with two attached hydrogens (primary N) is 1. The third kappa shape index (κ3) is 3.01. The number of hydrogen-bond acceptors (Lipinski definition) is 5. The first-order valence-electron chi connectivity index (χ1n) is 6.87. The van der Waals surface area contributed by atoms with Gasteiger partial charge in [-0.3, -0.25) is 10.5 Å². The van der Waals surface area contributed by atoms with Crippen molar-refractivity contribution >= 4 is 0 Å². The summed E-state index contributed by atoms with van der Waals surface area (Å²) in [6.07, 6.45) is 0. The lowest BCUT2D eigenvalue weighted by atomic mass is 10.0. The van der Waals surface area contributed by atoms with Crippen molar-refractivity contribution in [2.75, 3.05) is 14.2 Å². The van der Waals surface area contributed by atoms with E-state index in [2.05, 4.69) is 10.5 Å². The molecule has 3 N–H and O–H groups in total. The van der Waals surface area contributed by atoms with Crippen LogP contribution < -0.4 is 20.7 Å². The number of rotatable bonds is 6. The van der Waals surface area contributed by atoms with E-state index >= 15 is 0 Å². The fraction of sp³-hybridized carbons (Fsp3) is 0.400. The fourth-order valence-corrected chi connectivity index (χ4v) is 2.45. The predicted molar refractivity (Wildman–Crippen MR) is 81.4 cm³/mol. The van der Waals surface area contributed by atoms with E-state index in [9.17, 15) is 0 Å². The summed E-state index contributed by atoms with van der Waals surface area (Å²) >= 11 is 0. The van der Waals surface area contributed by atoms with Gasteiger partial charge >= 0.3 is 0 Å². The maximum atomic E-state index is 5.80. The quantitative estimate of drug-likeness (QED) is 0.626. The molecule has 0 radical (unpaired) electrons. The zero-order valence-corrected chi connectivity index (χ0v) is 12.9. The van der Waals surface area contributed by atoms with Crippen LogP contribution in [0.2, 0.25) is 0 Å². The number of nitrogens with zero attached hydrogens (tertiary/aromatic N) is 2. The van der Waals surface area contributed by atoms with Gasteiger partial charge in [0.15, 0.2) is 0 Å². The Bertz CT molecular complexity index is 610. The summed E-state index contributed by atoms with van der Waals surface area (Å²) in [5.41, 5.74) is 5.71. The van der Waals surface area contributed by atoms with Crippen molar-refractivity contribution in [2.24, 2.45) is 5.84 Å². The molecule has 114 valence electrons. The van der Waals surface area contributed by atoms with Gasteiger partial charge < -0.3 is 9.47 Å². The lowest BCUT2D eigenvalue weighted by Crippen LogP contribution is -2.31. The highest BCUT2D eigenvalue weighted by Gasteiger charge is 2.22. The normalized spacial score (nSPS) is 12.2. The van der Waals surface area contributed by atoms with Crippen LogP contribution in [0.4, 0.5) is 0 Å². The molecule has 0 bridgehead atoms. The van der Waals surface area contributed by atoms with E-state index < -0.39 is 0 Å². The number of hydrazine groups is 1. The van der Waals surface area contributed by atoms with E-state index in [1.165, 1.54) is 0 Å². The van der Waals surface area contributed by atoms with Crippen LogP contribution in [-0.2, 0) is 6.54 Å². The van der Waals surface area contributed by atoms with E-state index in [1.54, 1.807) is 14.2 Å². The maximum Gasteiger partial charge on any atom is 0.124 e. The SMILES string of the molecule is CCn1nc(C)cc1C(NN)c1cc(OC)ccc1OC. The van der Waals surface area contributed by atoms with Crippen molar-refractivity contribution in [3.8, 4) is 11.5 Å². The Morgan fingerprint density at radius 1 is 1.29 bits per heavy atom. The van der Waals surface area contributed by atoms with Crippen LogP contribution in [0.25, 0.3) is 0 Å². The Labute approximate surface area is 124 Å². The summed E-state index contributed by atoms with van der Waals surface area (Å²) < 4.78 is 12.7. The smallest absolute Gasteiger partial charge is 0.124 e. The first-order chi connectivity index (χ1) is 10.1. The zero-order chi connectivity index (χ0) is 15.4. The Morgan fingerprint density at radius 3 is 2.62 bits per heavy atom. The summed E-state index contributed by atoms with van der Waals surface area (Å²) in [5.74, 6) is 7.30. The van der Waals surface area contributed by atoms with E-state index in [4.69, 9.17) is 15.3 Å². The molecule has 2 aromatic rings. The summed E-state index contributed by atoms with van der Waals surface area (Å²) in [4.78, 5) is 0. The molecule has 1 atom stereocenters. The number of aromatic nitrogens is 2. The summed E-state index contributed by atoms with van der Waals surface area (Å²) in [7, 11) is 3.28. The highest BCUT2D eigenvalue weighted by molar-refractivity contribution is 5.45. The van der Waals surface area contributed by atoms with E-state index in [0.717, 1.165) is 35.0 Å². The van der Waals surface area contributed by atoms with Crippen molar-refractivity contribution in [3.05, 3.63) is 41.2 Å². The van der Waals surface area contributed by atoms with Crippen LogP contribution in [0.5, 0.6) is 11.5 Å². The third-order valence-corrected chi connectivity index (χ3v) is 3.44. The number of hydrogen-bond donors (Lipinski definition) is 2. The van der Waals surface area contributed by atoms with Crippen LogP contribution >= 0.6 is 0 Å². The van der Waals surface area contributed by atoms with Gasteiger partial charge in [-0.2, -0.15) is 5.10 Å². The number of benzene rings is 1. The number of nitrogens with one attached hydrogen (secondary N) is 1. The second-order valence-electron chi connectivity index (χ2n) is 4.73. The molecule has 0 aliphatic carbocycles. The lowest BCUT2D eigenvalue weighted by Gasteiger charge is -2.20. The number of ether oxygens (including phenoxy) is 2. The Morgan fingerprint density at radius 2 is 2.05 bits per heavy atom. The Kier molecular flexibility index (Phi) is 4.82. The molecule has 6 nitrogen and oxygen atoms in total. The zero-order valence-electron chi connectivity index (χ0n) is 12.9. The minimum absolute atomic E-state index is 0.226. The monoisotopic (exact) mass is 290 g/mol. The van der Waals surface area contributed by atoms with Crippen LogP contribution in [0.15, 0.2) is 24.3 Å². The van der Waals surface area contributed by atoms with Gasteiger partial charge in [-0.25, -0.2) is 5.43 Å². The van der Waals surface area contributed by atoms with E-state index in [0.29, 0.717) is 0 Å². The molecule has 1 unspecified atom stereocenters. The molecular weight excluding hydrogens is 268 g/mol. The highest BCUT2D eigenvalue weighted by Crippen LogP contribution is 2.33. The molecule has 0 spiro atoms. The van der Waals surface area contributed by atoms with Crippen LogP contribution in [-0.4, -0.2) is 24.0 Å². The molecule has 0 fully saturated rings. The lowest BCUT2D eigenvalue weighted by molar-refractivity contribution is 0.392. The van der Waals surface area contributed by atoms with Gasteiger partial charge in [0, 0.05) is 12.1 Å². The van der Waals surface area contributed by atoms with Crippen molar-refractivity contribution in [3.63, 3.8) is 0 Å². The number of methoxy groups -OCH3 is 2. The number of aryl methyl sites for hydroxylation is 2. The van der Waals surface area contributed by atoms with Crippen molar-refractivity contribution < 1.29 is 9.47 Å². The molecule has 0 saturated carbocycles. The molecule has 0 saturated heterocycles. The van der Waals surface area contributed by atoms with Crippen LogP contribution in [0.1, 0.15) is 29.9 Å². The molecule has 1 heterocycles. The predicted octanol–water partition coefficient (Wildman–Crippen LogP) is 1.78.